The second-order valence-electron chi connectivity index (χ2n) is 3.66. The van der Waals surface area contributed by atoms with Crippen molar-refractivity contribution in [3.8, 4) is 11.5 Å². The van der Waals surface area contributed by atoms with E-state index < -0.39 is 0 Å². The SMILES string of the molecule is CCOc1c(OC)ccc(Br)c1CNCCOC. The van der Waals surface area contributed by atoms with E-state index >= 15 is 0 Å². The third-order valence-electron chi connectivity index (χ3n) is 2.46. The molecule has 0 bridgehead atoms. The first-order valence-corrected chi connectivity index (χ1v) is 6.71. The van der Waals surface area contributed by atoms with Gasteiger partial charge in [0, 0.05) is 30.2 Å². The Balaban J connectivity index is 2.84. The zero-order valence-electron chi connectivity index (χ0n) is 11.1. The molecule has 1 rings (SSSR count). The van der Waals surface area contributed by atoms with Crippen LogP contribution in [0.15, 0.2) is 16.6 Å². The van der Waals surface area contributed by atoms with E-state index in [1.165, 1.54) is 0 Å². The van der Waals surface area contributed by atoms with E-state index in [1.807, 2.05) is 19.1 Å². The van der Waals surface area contributed by atoms with Gasteiger partial charge < -0.3 is 19.5 Å². The lowest BCUT2D eigenvalue weighted by molar-refractivity contribution is 0.199. The molecule has 0 fully saturated rings. The summed E-state index contributed by atoms with van der Waals surface area (Å²) in [5.74, 6) is 1.54. The summed E-state index contributed by atoms with van der Waals surface area (Å²) in [6.45, 7) is 4.76. The maximum atomic E-state index is 5.67. The molecule has 0 aliphatic rings. The fraction of sp³-hybridized carbons (Fsp3) is 0.538. The van der Waals surface area contributed by atoms with Crippen molar-refractivity contribution in [1.82, 2.24) is 5.32 Å². The monoisotopic (exact) mass is 317 g/mol. The molecule has 1 aromatic rings. The minimum absolute atomic E-state index is 0.609. The zero-order chi connectivity index (χ0) is 13.4. The summed E-state index contributed by atoms with van der Waals surface area (Å²) in [5, 5.41) is 3.30. The van der Waals surface area contributed by atoms with Crippen LogP contribution < -0.4 is 14.8 Å². The third kappa shape index (κ3) is 4.15. The third-order valence-corrected chi connectivity index (χ3v) is 3.20. The second kappa shape index (κ2) is 8.34. The average molecular weight is 318 g/mol. The molecule has 0 unspecified atom stereocenters. The maximum absolute atomic E-state index is 5.67. The van der Waals surface area contributed by atoms with Crippen LogP contribution in [-0.4, -0.2) is 34.0 Å². The van der Waals surface area contributed by atoms with E-state index in [1.54, 1.807) is 14.2 Å². The van der Waals surface area contributed by atoms with Crippen molar-refractivity contribution in [3.63, 3.8) is 0 Å². The summed E-state index contributed by atoms with van der Waals surface area (Å²) in [5.41, 5.74) is 1.06. The van der Waals surface area contributed by atoms with Gasteiger partial charge in [-0.3, -0.25) is 0 Å². The van der Waals surface area contributed by atoms with Crippen molar-refractivity contribution in [3.05, 3.63) is 22.2 Å². The van der Waals surface area contributed by atoms with Crippen molar-refractivity contribution < 1.29 is 14.2 Å². The van der Waals surface area contributed by atoms with Crippen LogP contribution in [0.25, 0.3) is 0 Å². The minimum atomic E-state index is 0.609. The van der Waals surface area contributed by atoms with Gasteiger partial charge in [0.2, 0.25) is 0 Å². The van der Waals surface area contributed by atoms with Crippen LogP contribution in [0.2, 0.25) is 0 Å². The molecule has 18 heavy (non-hydrogen) atoms. The molecular formula is C13H20BrNO3. The molecule has 0 spiro atoms. The molecule has 1 aromatic carbocycles. The van der Waals surface area contributed by atoms with E-state index in [4.69, 9.17) is 14.2 Å². The van der Waals surface area contributed by atoms with Gasteiger partial charge in [-0.05, 0) is 19.1 Å². The quantitative estimate of drug-likeness (QED) is 0.748. The Morgan fingerprint density at radius 1 is 1.28 bits per heavy atom. The average Bonchev–Trinajstić information content (AvgIpc) is 2.38. The highest BCUT2D eigenvalue weighted by molar-refractivity contribution is 9.10. The van der Waals surface area contributed by atoms with Gasteiger partial charge in [-0.25, -0.2) is 0 Å². The largest absolute Gasteiger partial charge is 0.493 e. The fourth-order valence-electron chi connectivity index (χ4n) is 1.60. The predicted octanol–water partition coefficient (Wildman–Crippen LogP) is 2.59. The fourth-order valence-corrected chi connectivity index (χ4v) is 2.05. The van der Waals surface area contributed by atoms with Gasteiger partial charge in [0.15, 0.2) is 11.5 Å². The second-order valence-corrected chi connectivity index (χ2v) is 4.51. The van der Waals surface area contributed by atoms with Gasteiger partial charge in [-0.15, -0.1) is 0 Å². The molecule has 4 nitrogen and oxygen atoms in total. The highest BCUT2D eigenvalue weighted by atomic mass is 79.9. The van der Waals surface area contributed by atoms with Crippen molar-refractivity contribution in [2.24, 2.45) is 0 Å². The first-order valence-electron chi connectivity index (χ1n) is 5.92. The van der Waals surface area contributed by atoms with Gasteiger partial charge in [0.05, 0.1) is 20.3 Å². The summed E-state index contributed by atoms with van der Waals surface area (Å²) in [4.78, 5) is 0. The van der Waals surface area contributed by atoms with E-state index in [2.05, 4.69) is 21.2 Å². The molecule has 0 saturated carbocycles. The summed E-state index contributed by atoms with van der Waals surface area (Å²) < 4.78 is 17.0. The van der Waals surface area contributed by atoms with Crippen LogP contribution in [0.1, 0.15) is 12.5 Å². The van der Waals surface area contributed by atoms with Crippen molar-refractivity contribution in [2.75, 3.05) is 34.0 Å². The number of halogens is 1. The first kappa shape index (κ1) is 15.3. The maximum Gasteiger partial charge on any atom is 0.166 e. The van der Waals surface area contributed by atoms with E-state index in [-0.39, 0.29) is 0 Å². The van der Waals surface area contributed by atoms with Gasteiger partial charge in [-0.1, -0.05) is 15.9 Å². The number of ether oxygens (including phenoxy) is 3. The molecule has 0 amide bonds. The molecule has 0 heterocycles. The van der Waals surface area contributed by atoms with Crippen molar-refractivity contribution in [2.45, 2.75) is 13.5 Å². The standard InChI is InChI=1S/C13H20BrNO3/c1-4-18-13-10(9-15-7-8-16-2)11(14)5-6-12(13)17-3/h5-6,15H,4,7-9H2,1-3H3. The number of nitrogens with one attached hydrogen (secondary N) is 1. The van der Waals surface area contributed by atoms with Gasteiger partial charge >= 0.3 is 0 Å². The van der Waals surface area contributed by atoms with Crippen LogP contribution in [0.3, 0.4) is 0 Å². The van der Waals surface area contributed by atoms with Crippen LogP contribution in [0.4, 0.5) is 0 Å². The molecule has 0 aliphatic heterocycles. The van der Waals surface area contributed by atoms with E-state index in [9.17, 15) is 0 Å². The van der Waals surface area contributed by atoms with Gasteiger partial charge in [-0.2, -0.15) is 0 Å². The Labute approximate surface area is 117 Å². The molecule has 0 aliphatic carbocycles. The van der Waals surface area contributed by atoms with E-state index in [0.29, 0.717) is 19.8 Å². The Kier molecular flexibility index (Phi) is 7.08. The molecule has 0 aromatic heterocycles. The van der Waals surface area contributed by atoms with E-state index in [0.717, 1.165) is 28.1 Å². The minimum Gasteiger partial charge on any atom is -0.493 e. The summed E-state index contributed by atoms with van der Waals surface area (Å²) in [6, 6.07) is 3.86. The van der Waals surface area contributed by atoms with Crippen LogP contribution >= 0.6 is 15.9 Å². The lowest BCUT2D eigenvalue weighted by Gasteiger charge is -2.16. The Hall–Kier alpha value is -0.780. The van der Waals surface area contributed by atoms with Crippen LogP contribution in [-0.2, 0) is 11.3 Å². The zero-order valence-corrected chi connectivity index (χ0v) is 12.7. The Morgan fingerprint density at radius 2 is 2.06 bits per heavy atom. The Morgan fingerprint density at radius 3 is 2.67 bits per heavy atom. The molecule has 5 heteroatoms. The predicted molar refractivity (Wildman–Crippen MR) is 75.4 cm³/mol. The van der Waals surface area contributed by atoms with Gasteiger partial charge in [0.1, 0.15) is 0 Å². The molecule has 0 saturated heterocycles. The molecule has 1 N–H and O–H groups in total. The van der Waals surface area contributed by atoms with Crippen LogP contribution in [0.5, 0.6) is 11.5 Å². The highest BCUT2D eigenvalue weighted by Gasteiger charge is 2.13. The van der Waals surface area contributed by atoms with Crippen molar-refractivity contribution >= 4 is 15.9 Å². The Bertz CT molecular complexity index is 371. The molecule has 0 atom stereocenters. The first-order chi connectivity index (χ1) is 8.74. The lowest BCUT2D eigenvalue weighted by Crippen LogP contribution is -2.19. The number of hydrogen-bond acceptors (Lipinski definition) is 4. The van der Waals surface area contributed by atoms with Gasteiger partial charge in [0.25, 0.3) is 0 Å². The normalized spacial score (nSPS) is 10.4. The number of hydrogen-bond donors (Lipinski definition) is 1. The van der Waals surface area contributed by atoms with Crippen LogP contribution in [0, 0.1) is 0 Å². The lowest BCUT2D eigenvalue weighted by atomic mass is 10.2. The summed E-state index contributed by atoms with van der Waals surface area (Å²) in [6.07, 6.45) is 0. The summed E-state index contributed by atoms with van der Waals surface area (Å²) in [7, 11) is 3.34. The topological polar surface area (TPSA) is 39.7 Å². The molecular weight excluding hydrogens is 298 g/mol. The van der Waals surface area contributed by atoms with Crippen molar-refractivity contribution in [1.29, 1.82) is 0 Å². The number of benzene rings is 1. The highest BCUT2D eigenvalue weighted by Crippen LogP contribution is 2.36. The smallest absolute Gasteiger partial charge is 0.166 e. The number of methoxy groups -OCH3 is 2. The molecule has 0 radical (unpaired) electrons. The number of rotatable bonds is 8. The molecule has 102 valence electrons. The summed E-state index contributed by atoms with van der Waals surface area (Å²) >= 11 is 3.54.